The first-order chi connectivity index (χ1) is 8.09. The van der Waals surface area contributed by atoms with Crippen LogP contribution in [0.15, 0.2) is 30.3 Å². The number of carbonyl (C=O) groups is 1. The molecular weight excluding hydrogens is 238 g/mol. The maximum atomic E-state index is 11.4. The predicted octanol–water partition coefficient (Wildman–Crippen LogP) is 1.35. The molecule has 0 aliphatic heterocycles. The van der Waals surface area contributed by atoms with Crippen LogP contribution in [0.2, 0.25) is 0 Å². The molecule has 0 fully saturated rings. The monoisotopic (exact) mass is 255 g/mol. The Morgan fingerprint density at radius 2 is 2.06 bits per heavy atom. The molecule has 0 aliphatic rings. The second kappa shape index (κ2) is 7.19. The van der Waals surface area contributed by atoms with Crippen molar-refractivity contribution in [1.82, 2.24) is 5.32 Å². The van der Waals surface area contributed by atoms with Gasteiger partial charge in [-0.1, -0.05) is 30.3 Å². The first-order valence-corrected chi connectivity index (χ1v) is 6.67. The molecule has 5 heteroatoms. The summed E-state index contributed by atoms with van der Waals surface area (Å²) in [6.45, 7) is 2.13. The Hall–Kier alpha value is -1.20. The largest absolute Gasteiger partial charge is 0.356 e. The zero-order chi connectivity index (χ0) is 12.7. The molecule has 1 aromatic rings. The smallest absolute Gasteiger partial charge is 0.221 e. The molecule has 1 unspecified atom stereocenters. The van der Waals surface area contributed by atoms with Crippen molar-refractivity contribution >= 4 is 17.0 Å². The molecule has 0 radical (unpaired) electrons. The Morgan fingerprint density at radius 1 is 1.41 bits per heavy atom. The summed E-state index contributed by atoms with van der Waals surface area (Å²) < 4.78 is 19.4. The van der Waals surface area contributed by atoms with E-state index >= 15 is 0 Å². The number of nitrogens with one attached hydrogen (secondary N) is 1. The number of carbonyl (C=O) groups excluding carboxylic acids is 1. The maximum absolute atomic E-state index is 11.4. The van der Waals surface area contributed by atoms with E-state index in [4.69, 9.17) is 4.55 Å². The average Bonchev–Trinajstić information content (AvgIpc) is 2.30. The summed E-state index contributed by atoms with van der Waals surface area (Å²) in [7, 11) is 0. The van der Waals surface area contributed by atoms with Crippen LogP contribution in [-0.4, -0.2) is 26.5 Å². The van der Waals surface area contributed by atoms with Gasteiger partial charge < -0.3 is 9.87 Å². The van der Waals surface area contributed by atoms with Crippen LogP contribution in [0.25, 0.3) is 0 Å². The van der Waals surface area contributed by atoms with Crippen molar-refractivity contribution in [3.05, 3.63) is 35.9 Å². The Labute approximate surface area is 104 Å². The number of rotatable bonds is 6. The highest BCUT2D eigenvalue weighted by molar-refractivity contribution is 7.79. The molecule has 0 aliphatic carbocycles. The summed E-state index contributed by atoms with van der Waals surface area (Å²) in [5.41, 5.74) is 1.16. The Bertz CT molecular complexity index is 381. The zero-order valence-corrected chi connectivity index (χ0v) is 10.6. The summed E-state index contributed by atoms with van der Waals surface area (Å²) in [4.78, 5) is 11.4. The van der Waals surface area contributed by atoms with Gasteiger partial charge in [-0.2, -0.15) is 0 Å². The summed E-state index contributed by atoms with van der Waals surface area (Å²) >= 11 is -1.93. The van der Waals surface area contributed by atoms with E-state index in [0.29, 0.717) is 6.54 Å². The van der Waals surface area contributed by atoms with Crippen molar-refractivity contribution in [3.63, 3.8) is 0 Å². The summed E-state index contributed by atoms with van der Waals surface area (Å²) in [6.07, 6.45) is 0.848. The fourth-order valence-corrected chi connectivity index (χ4v) is 1.69. The lowest BCUT2D eigenvalue weighted by Crippen LogP contribution is -2.29. The second-order valence-electron chi connectivity index (χ2n) is 3.88. The third-order valence-electron chi connectivity index (χ3n) is 2.40. The van der Waals surface area contributed by atoms with E-state index in [1.165, 1.54) is 0 Å². The van der Waals surface area contributed by atoms with Crippen molar-refractivity contribution in [3.8, 4) is 0 Å². The van der Waals surface area contributed by atoms with Crippen LogP contribution in [0.1, 0.15) is 18.9 Å². The van der Waals surface area contributed by atoms with Gasteiger partial charge in [0.05, 0.1) is 5.25 Å². The zero-order valence-electron chi connectivity index (χ0n) is 9.76. The Kier molecular flexibility index (Phi) is 5.86. The van der Waals surface area contributed by atoms with E-state index in [-0.39, 0.29) is 12.3 Å². The molecule has 0 spiro atoms. The lowest BCUT2D eigenvalue weighted by atomic mass is 10.1. The molecule has 0 aromatic heterocycles. The maximum Gasteiger partial charge on any atom is 0.221 e. The van der Waals surface area contributed by atoms with Crippen LogP contribution in [0.4, 0.5) is 0 Å². The van der Waals surface area contributed by atoms with Gasteiger partial charge >= 0.3 is 0 Å². The predicted molar refractivity (Wildman–Crippen MR) is 68.0 cm³/mol. The van der Waals surface area contributed by atoms with Crippen LogP contribution in [0, 0.1) is 0 Å². The van der Waals surface area contributed by atoms with Gasteiger partial charge in [0, 0.05) is 13.0 Å². The fourth-order valence-electron chi connectivity index (χ4n) is 1.40. The molecule has 4 nitrogen and oxygen atoms in total. The molecule has 17 heavy (non-hydrogen) atoms. The molecular formula is C12H17NO3S. The van der Waals surface area contributed by atoms with E-state index in [9.17, 15) is 9.00 Å². The number of hydrogen-bond acceptors (Lipinski definition) is 2. The van der Waals surface area contributed by atoms with Crippen LogP contribution >= 0.6 is 0 Å². The highest BCUT2D eigenvalue weighted by atomic mass is 32.2. The molecule has 0 saturated heterocycles. The molecule has 1 rings (SSSR count). The molecule has 2 N–H and O–H groups in total. The van der Waals surface area contributed by atoms with Gasteiger partial charge in [0.15, 0.2) is 11.1 Å². The van der Waals surface area contributed by atoms with E-state index in [2.05, 4.69) is 5.32 Å². The lowest BCUT2D eigenvalue weighted by molar-refractivity contribution is -0.121. The molecule has 0 heterocycles. The van der Waals surface area contributed by atoms with Gasteiger partial charge in [-0.05, 0) is 18.9 Å². The minimum atomic E-state index is -1.93. The normalized spacial score (nSPS) is 14.0. The van der Waals surface area contributed by atoms with E-state index in [0.717, 1.165) is 12.0 Å². The first-order valence-electron chi connectivity index (χ1n) is 5.50. The van der Waals surface area contributed by atoms with E-state index in [1.807, 2.05) is 30.3 Å². The van der Waals surface area contributed by atoms with Crippen LogP contribution in [0.5, 0.6) is 0 Å². The molecule has 1 aromatic carbocycles. The van der Waals surface area contributed by atoms with Crippen molar-refractivity contribution in [2.45, 2.75) is 25.0 Å². The SMILES string of the molecule is C[C@@H](CC(=O)NCCc1ccccc1)S(=O)O. The van der Waals surface area contributed by atoms with Gasteiger partial charge in [0.25, 0.3) is 0 Å². The first kappa shape index (κ1) is 13.9. The summed E-state index contributed by atoms with van der Waals surface area (Å²) in [6, 6.07) is 9.84. The summed E-state index contributed by atoms with van der Waals surface area (Å²) in [5, 5.41) is 2.21. The Morgan fingerprint density at radius 3 is 2.65 bits per heavy atom. The third kappa shape index (κ3) is 5.60. The topological polar surface area (TPSA) is 66.4 Å². The Balaban J connectivity index is 2.23. The molecule has 1 amide bonds. The number of amides is 1. The average molecular weight is 255 g/mol. The van der Waals surface area contributed by atoms with Gasteiger partial charge in [0.2, 0.25) is 5.91 Å². The van der Waals surface area contributed by atoms with Gasteiger partial charge in [-0.25, -0.2) is 4.21 Å². The minimum absolute atomic E-state index is 0.0813. The lowest BCUT2D eigenvalue weighted by Gasteiger charge is -2.08. The quantitative estimate of drug-likeness (QED) is 0.754. The number of benzene rings is 1. The van der Waals surface area contributed by atoms with Crippen molar-refractivity contribution in [2.24, 2.45) is 0 Å². The van der Waals surface area contributed by atoms with Crippen molar-refractivity contribution in [2.75, 3.05) is 6.54 Å². The van der Waals surface area contributed by atoms with Gasteiger partial charge in [0.1, 0.15) is 0 Å². The van der Waals surface area contributed by atoms with Crippen LogP contribution in [0.3, 0.4) is 0 Å². The standard InChI is InChI=1S/C12H17NO3S/c1-10(17(15)16)9-12(14)13-8-7-11-5-3-2-4-6-11/h2-6,10H,7-9H2,1H3,(H,13,14)(H,15,16)/t10-/m0/s1. The second-order valence-corrected chi connectivity index (χ2v) is 5.23. The van der Waals surface area contributed by atoms with Crippen molar-refractivity contribution < 1.29 is 13.6 Å². The van der Waals surface area contributed by atoms with E-state index < -0.39 is 16.3 Å². The highest BCUT2D eigenvalue weighted by Gasteiger charge is 2.13. The highest BCUT2D eigenvalue weighted by Crippen LogP contribution is 2.00. The number of hydrogen-bond donors (Lipinski definition) is 2. The van der Waals surface area contributed by atoms with Gasteiger partial charge in [-0.3, -0.25) is 4.79 Å². The van der Waals surface area contributed by atoms with Crippen LogP contribution in [-0.2, 0) is 22.3 Å². The minimum Gasteiger partial charge on any atom is -0.356 e. The third-order valence-corrected chi connectivity index (χ3v) is 3.25. The molecule has 94 valence electrons. The summed E-state index contributed by atoms with van der Waals surface area (Å²) in [5.74, 6) is -0.184. The van der Waals surface area contributed by atoms with Crippen molar-refractivity contribution in [1.29, 1.82) is 0 Å². The molecule has 2 atom stereocenters. The van der Waals surface area contributed by atoms with Gasteiger partial charge in [-0.15, -0.1) is 0 Å². The molecule has 0 bridgehead atoms. The molecule has 0 saturated carbocycles. The fraction of sp³-hybridized carbons (Fsp3) is 0.417. The van der Waals surface area contributed by atoms with Crippen LogP contribution < -0.4 is 5.32 Å². The van der Waals surface area contributed by atoms with E-state index in [1.54, 1.807) is 6.92 Å².